The molecule has 0 aliphatic heterocycles. The minimum Gasteiger partial charge on any atom is -0.145 e. The molecule has 10 heavy (non-hydrogen) atoms. The van der Waals surface area contributed by atoms with Crippen LogP contribution in [0.1, 0.15) is 26.2 Å². The van der Waals surface area contributed by atoms with Gasteiger partial charge in [-0.1, -0.05) is 17.7 Å². The summed E-state index contributed by atoms with van der Waals surface area (Å²) >= 11 is 0. The second kappa shape index (κ2) is 3.30. The number of nitrogens with zero attached hydrogens (tertiary/aromatic N) is 1. The highest BCUT2D eigenvalue weighted by atomic mass is 16.3. The van der Waals surface area contributed by atoms with Crippen LogP contribution in [0.15, 0.2) is 28.6 Å². The lowest BCUT2D eigenvalue weighted by Crippen LogP contribution is -1.73. The number of allylic oxidation sites excluding steroid dienone is 4. The summed E-state index contributed by atoms with van der Waals surface area (Å²) < 4.78 is 0. The molecular formula is C8H11NO. The van der Waals surface area contributed by atoms with Gasteiger partial charge in [-0.3, -0.25) is 0 Å². The third-order valence-corrected chi connectivity index (χ3v) is 1.67. The van der Waals surface area contributed by atoms with E-state index in [0.717, 1.165) is 19.3 Å². The quantitative estimate of drug-likeness (QED) is 0.403. The fourth-order valence-corrected chi connectivity index (χ4v) is 1.01. The van der Waals surface area contributed by atoms with Crippen molar-refractivity contribution < 1.29 is 0 Å². The van der Waals surface area contributed by atoms with Gasteiger partial charge in [0.15, 0.2) is 0 Å². The van der Waals surface area contributed by atoms with E-state index in [1.54, 1.807) is 0 Å². The Hall–Kier alpha value is -0.920. The van der Waals surface area contributed by atoms with Crippen LogP contribution in [0.5, 0.6) is 0 Å². The van der Waals surface area contributed by atoms with Gasteiger partial charge in [-0.05, 0) is 31.4 Å². The zero-order chi connectivity index (χ0) is 7.40. The highest BCUT2D eigenvalue weighted by Gasteiger charge is 1.99. The molecule has 0 fully saturated rings. The maximum atomic E-state index is 10.1. The molecule has 0 radical (unpaired) electrons. The maximum absolute atomic E-state index is 10.1. The molecule has 0 unspecified atom stereocenters. The minimum absolute atomic E-state index is 0.702. The van der Waals surface area contributed by atoms with Gasteiger partial charge in [-0.2, -0.15) is 0 Å². The first kappa shape index (κ1) is 7.19. The molecule has 54 valence electrons. The fraction of sp³-hybridized carbons (Fsp3) is 0.500. The number of hydrogen-bond donors (Lipinski definition) is 0. The van der Waals surface area contributed by atoms with E-state index in [1.165, 1.54) is 5.57 Å². The van der Waals surface area contributed by atoms with Gasteiger partial charge in [0.05, 0.1) is 5.70 Å². The van der Waals surface area contributed by atoms with Crippen LogP contribution in [0.2, 0.25) is 0 Å². The van der Waals surface area contributed by atoms with E-state index >= 15 is 0 Å². The van der Waals surface area contributed by atoms with Gasteiger partial charge >= 0.3 is 0 Å². The predicted octanol–water partition coefficient (Wildman–Crippen LogP) is 2.77. The van der Waals surface area contributed by atoms with Gasteiger partial charge in [-0.15, -0.1) is 4.91 Å². The summed E-state index contributed by atoms with van der Waals surface area (Å²) in [5.74, 6) is 0. The lowest BCUT2D eigenvalue weighted by molar-refractivity contribution is 0.960. The van der Waals surface area contributed by atoms with Gasteiger partial charge < -0.3 is 0 Å². The Morgan fingerprint density at radius 3 is 3.00 bits per heavy atom. The average molecular weight is 137 g/mol. The Kier molecular flexibility index (Phi) is 2.37. The van der Waals surface area contributed by atoms with Gasteiger partial charge in [0.2, 0.25) is 0 Å². The van der Waals surface area contributed by atoms with Gasteiger partial charge in [0.25, 0.3) is 0 Å². The van der Waals surface area contributed by atoms with Crippen LogP contribution in [0.3, 0.4) is 0 Å². The van der Waals surface area contributed by atoms with Gasteiger partial charge in [-0.25, -0.2) is 0 Å². The van der Waals surface area contributed by atoms with E-state index in [-0.39, 0.29) is 0 Å². The summed E-state index contributed by atoms with van der Waals surface area (Å²) in [6, 6.07) is 0. The second-order valence-corrected chi connectivity index (χ2v) is 2.58. The molecule has 0 amide bonds. The zero-order valence-electron chi connectivity index (χ0n) is 6.13. The van der Waals surface area contributed by atoms with E-state index < -0.39 is 0 Å². The Labute approximate surface area is 60.6 Å². The molecule has 2 heteroatoms. The molecule has 0 N–H and O–H groups in total. The number of hydrogen-bond acceptors (Lipinski definition) is 2. The highest BCUT2D eigenvalue weighted by molar-refractivity contribution is 5.14. The van der Waals surface area contributed by atoms with Crippen LogP contribution in [0, 0.1) is 4.91 Å². The third-order valence-electron chi connectivity index (χ3n) is 1.67. The van der Waals surface area contributed by atoms with Crippen molar-refractivity contribution in [2.24, 2.45) is 5.18 Å². The molecule has 0 spiro atoms. The molecule has 0 saturated heterocycles. The summed E-state index contributed by atoms with van der Waals surface area (Å²) in [6.45, 7) is 2.07. The van der Waals surface area contributed by atoms with E-state index in [2.05, 4.69) is 18.2 Å². The molecule has 0 heterocycles. The van der Waals surface area contributed by atoms with E-state index in [9.17, 15) is 4.91 Å². The lowest BCUT2D eigenvalue weighted by atomic mass is 10.2. The molecule has 1 aliphatic rings. The molecule has 0 atom stereocenters. The van der Waals surface area contributed by atoms with Crippen molar-refractivity contribution >= 4 is 0 Å². The summed E-state index contributed by atoms with van der Waals surface area (Å²) in [6.07, 6.45) is 6.73. The Morgan fingerprint density at radius 1 is 1.50 bits per heavy atom. The van der Waals surface area contributed by atoms with Crippen molar-refractivity contribution in [3.63, 3.8) is 0 Å². The normalized spacial score (nSPS) is 18.9. The van der Waals surface area contributed by atoms with Crippen molar-refractivity contribution in [3.05, 3.63) is 28.3 Å². The molecule has 1 rings (SSSR count). The monoisotopic (exact) mass is 137 g/mol. The summed E-state index contributed by atoms with van der Waals surface area (Å²) in [7, 11) is 0. The molecule has 0 aromatic heterocycles. The maximum Gasteiger partial charge on any atom is 0.0815 e. The molecule has 1 aliphatic carbocycles. The first-order valence-electron chi connectivity index (χ1n) is 3.51. The smallest absolute Gasteiger partial charge is 0.0815 e. The van der Waals surface area contributed by atoms with Crippen LogP contribution in [-0.4, -0.2) is 0 Å². The summed E-state index contributed by atoms with van der Waals surface area (Å²) in [5, 5.41) is 2.92. The van der Waals surface area contributed by atoms with Crippen molar-refractivity contribution in [2.75, 3.05) is 0 Å². The van der Waals surface area contributed by atoms with Crippen molar-refractivity contribution in [1.29, 1.82) is 0 Å². The molecule has 0 aromatic rings. The van der Waals surface area contributed by atoms with Crippen LogP contribution in [-0.2, 0) is 0 Å². The number of nitroso groups, excluding NO2 is 1. The molecule has 0 bridgehead atoms. The van der Waals surface area contributed by atoms with Crippen LogP contribution < -0.4 is 0 Å². The molecular weight excluding hydrogens is 126 g/mol. The van der Waals surface area contributed by atoms with Crippen LogP contribution in [0.25, 0.3) is 0 Å². The fourth-order valence-electron chi connectivity index (χ4n) is 1.01. The third kappa shape index (κ3) is 1.79. The minimum atomic E-state index is 0.702. The van der Waals surface area contributed by atoms with Gasteiger partial charge in [0, 0.05) is 0 Å². The van der Waals surface area contributed by atoms with Crippen molar-refractivity contribution in [3.8, 4) is 0 Å². The first-order valence-corrected chi connectivity index (χ1v) is 3.51. The summed E-state index contributed by atoms with van der Waals surface area (Å²) in [5.41, 5.74) is 2.03. The summed E-state index contributed by atoms with van der Waals surface area (Å²) in [4.78, 5) is 10.1. The topological polar surface area (TPSA) is 29.4 Å². The standard InChI is InChI=1S/C8H11NO/c1-7-3-2-4-8(9-10)6-5-7/h3,6H,2,4-5H2,1H3. The molecule has 0 aromatic carbocycles. The Balaban J connectivity index is 2.62. The Morgan fingerprint density at radius 2 is 2.30 bits per heavy atom. The van der Waals surface area contributed by atoms with E-state index in [4.69, 9.17) is 0 Å². The average Bonchev–Trinajstić information content (AvgIpc) is 2.14. The van der Waals surface area contributed by atoms with Crippen molar-refractivity contribution in [2.45, 2.75) is 26.2 Å². The SMILES string of the molecule is CC1=CCCC(N=O)=CC1. The molecule has 2 nitrogen and oxygen atoms in total. The van der Waals surface area contributed by atoms with Crippen LogP contribution >= 0.6 is 0 Å². The van der Waals surface area contributed by atoms with E-state index in [1.807, 2.05) is 6.08 Å². The predicted molar refractivity (Wildman–Crippen MR) is 41.5 cm³/mol. The largest absolute Gasteiger partial charge is 0.145 e. The zero-order valence-corrected chi connectivity index (χ0v) is 6.13. The number of rotatable bonds is 1. The Bertz CT molecular complexity index is 191. The van der Waals surface area contributed by atoms with Gasteiger partial charge in [0.1, 0.15) is 0 Å². The van der Waals surface area contributed by atoms with Crippen molar-refractivity contribution in [1.82, 2.24) is 0 Å². The lowest BCUT2D eigenvalue weighted by Gasteiger charge is -1.88. The highest BCUT2D eigenvalue weighted by Crippen LogP contribution is 2.16. The van der Waals surface area contributed by atoms with Crippen LogP contribution in [0.4, 0.5) is 0 Å². The van der Waals surface area contributed by atoms with E-state index in [0.29, 0.717) is 5.70 Å². The first-order chi connectivity index (χ1) is 4.83. The second-order valence-electron chi connectivity index (χ2n) is 2.58. The molecule has 0 saturated carbocycles.